The topological polar surface area (TPSA) is 44.5 Å². The number of nitrogens with two attached hydrogens (primary N) is 1. The van der Waals surface area contributed by atoms with Gasteiger partial charge in [0, 0.05) is 25.2 Å². The first kappa shape index (κ1) is 13.3. The lowest BCUT2D eigenvalue weighted by molar-refractivity contribution is -0.113. The minimum absolute atomic E-state index is 0.0163. The van der Waals surface area contributed by atoms with Gasteiger partial charge in [0.25, 0.3) is 0 Å². The van der Waals surface area contributed by atoms with Crippen molar-refractivity contribution in [3.8, 4) is 0 Å². The van der Waals surface area contributed by atoms with E-state index in [0.717, 1.165) is 45.5 Å². The number of hydrogen-bond acceptors (Lipinski definition) is 3. The highest BCUT2D eigenvalue weighted by atomic mass is 16.6. The van der Waals surface area contributed by atoms with Gasteiger partial charge < -0.3 is 15.2 Å². The Morgan fingerprint density at radius 2 is 2.18 bits per heavy atom. The van der Waals surface area contributed by atoms with Crippen LogP contribution in [0.1, 0.15) is 46.5 Å². The van der Waals surface area contributed by atoms with Gasteiger partial charge in [-0.25, -0.2) is 0 Å². The molecule has 0 aromatic heterocycles. The van der Waals surface area contributed by atoms with Gasteiger partial charge in [-0.15, -0.1) is 0 Å². The van der Waals surface area contributed by atoms with E-state index in [1.54, 1.807) is 0 Å². The molecular formula is C14H27NO2. The maximum Gasteiger partial charge on any atom is 0.0940 e. The molecule has 2 rings (SSSR count). The molecule has 1 spiro atoms. The lowest BCUT2D eigenvalue weighted by Crippen LogP contribution is -2.56. The monoisotopic (exact) mass is 241 g/mol. The first-order valence-corrected chi connectivity index (χ1v) is 7.03. The Morgan fingerprint density at radius 3 is 2.71 bits per heavy atom. The molecule has 0 aromatic rings. The minimum atomic E-state index is -0.0423. The van der Waals surface area contributed by atoms with Crippen LogP contribution in [0.4, 0.5) is 0 Å². The Kier molecular flexibility index (Phi) is 3.81. The van der Waals surface area contributed by atoms with Gasteiger partial charge in [-0.2, -0.15) is 0 Å². The third-order valence-electron chi connectivity index (χ3n) is 5.01. The van der Waals surface area contributed by atoms with Gasteiger partial charge in [0.05, 0.1) is 12.2 Å². The molecule has 3 nitrogen and oxygen atoms in total. The molecule has 0 bridgehead atoms. The zero-order valence-corrected chi connectivity index (χ0v) is 11.5. The average Bonchev–Trinajstić information content (AvgIpc) is 2.76. The Hall–Kier alpha value is -0.120. The quantitative estimate of drug-likeness (QED) is 0.825. The third kappa shape index (κ3) is 2.38. The number of hydrogen-bond donors (Lipinski definition) is 1. The van der Waals surface area contributed by atoms with Gasteiger partial charge in [0.1, 0.15) is 0 Å². The fraction of sp³-hybridized carbons (Fsp3) is 1.00. The molecule has 0 amide bonds. The van der Waals surface area contributed by atoms with Crippen molar-refractivity contribution in [3.63, 3.8) is 0 Å². The first-order chi connectivity index (χ1) is 8.02. The molecule has 2 heterocycles. The number of ether oxygens (including phenoxy) is 2. The van der Waals surface area contributed by atoms with Gasteiger partial charge in [-0.05, 0) is 31.1 Å². The average molecular weight is 241 g/mol. The SMILES string of the molecule is CCC(N)(C(C)C)C1CCOC2(CCOC2)C1. The molecule has 0 aromatic carbocycles. The summed E-state index contributed by atoms with van der Waals surface area (Å²) >= 11 is 0. The van der Waals surface area contributed by atoms with Gasteiger partial charge >= 0.3 is 0 Å². The summed E-state index contributed by atoms with van der Waals surface area (Å²) in [5.74, 6) is 1.10. The summed E-state index contributed by atoms with van der Waals surface area (Å²) < 4.78 is 11.5. The van der Waals surface area contributed by atoms with Crippen LogP contribution in [0.3, 0.4) is 0 Å². The number of rotatable bonds is 3. The third-order valence-corrected chi connectivity index (χ3v) is 5.01. The molecule has 100 valence electrons. The highest BCUT2D eigenvalue weighted by molar-refractivity contribution is 5.00. The Labute approximate surface area is 105 Å². The van der Waals surface area contributed by atoms with Crippen molar-refractivity contribution in [3.05, 3.63) is 0 Å². The molecule has 2 aliphatic rings. The van der Waals surface area contributed by atoms with Crippen LogP contribution in [-0.4, -0.2) is 31.0 Å². The predicted molar refractivity (Wildman–Crippen MR) is 68.9 cm³/mol. The standard InChI is InChI=1S/C14H27NO2/c1-4-14(15,11(2)3)12-5-7-17-13(9-12)6-8-16-10-13/h11-12H,4-10,15H2,1-3H3. The van der Waals surface area contributed by atoms with Crippen molar-refractivity contribution in [2.45, 2.75) is 57.6 Å². The molecule has 17 heavy (non-hydrogen) atoms. The normalized spacial score (nSPS) is 37.6. The van der Waals surface area contributed by atoms with Gasteiger partial charge in [-0.3, -0.25) is 0 Å². The molecule has 2 N–H and O–H groups in total. The van der Waals surface area contributed by atoms with E-state index in [9.17, 15) is 0 Å². The van der Waals surface area contributed by atoms with E-state index in [1.807, 2.05) is 0 Å². The van der Waals surface area contributed by atoms with Crippen LogP contribution < -0.4 is 5.73 Å². The van der Waals surface area contributed by atoms with Crippen LogP contribution in [0.2, 0.25) is 0 Å². The van der Waals surface area contributed by atoms with E-state index in [-0.39, 0.29) is 11.1 Å². The maximum atomic E-state index is 6.67. The van der Waals surface area contributed by atoms with Crippen LogP contribution in [0.5, 0.6) is 0 Å². The minimum Gasteiger partial charge on any atom is -0.378 e. The van der Waals surface area contributed by atoms with E-state index < -0.39 is 0 Å². The van der Waals surface area contributed by atoms with Crippen molar-refractivity contribution in [1.29, 1.82) is 0 Å². The van der Waals surface area contributed by atoms with Gasteiger partial charge in [0.15, 0.2) is 0 Å². The highest BCUT2D eigenvalue weighted by Gasteiger charge is 2.47. The van der Waals surface area contributed by atoms with E-state index in [0.29, 0.717) is 11.8 Å². The second kappa shape index (κ2) is 4.87. The van der Waals surface area contributed by atoms with E-state index in [4.69, 9.17) is 15.2 Å². The van der Waals surface area contributed by atoms with Gasteiger partial charge in [0.2, 0.25) is 0 Å². The Morgan fingerprint density at radius 1 is 1.41 bits per heavy atom. The first-order valence-electron chi connectivity index (χ1n) is 7.03. The Balaban J connectivity index is 2.10. The summed E-state index contributed by atoms with van der Waals surface area (Å²) in [7, 11) is 0. The lowest BCUT2D eigenvalue weighted by Gasteiger charge is -2.47. The van der Waals surface area contributed by atoms with Crippen molar-refractivity contribution in [2.75, 3.05) is 19.8 Å². The second-order valence-corrected chi connectivity index (χ2v) is 6.14. The molecule has 0 saturated carbocycles. The molecule has 2 saturated heterocycles. The molecular weight excluding hydrogens is 214 g/mol. The van der Waals surface area contributed by atoms with E-state index in [2.05, 4.69) is 20.8 Å². The molecule has 2 aliphatic heterocycles. The van der Waals surface area contributed by atoms with Crippen molar-refractivity contribution in [1.82, 2.24) is 0 Å². The zero-order chi connectivity index (χ0) is 12.5. The summed E-state index contributed by atoms with van der Waals surface area (Å²) in [6.45, 7) is 9.17. The fourth-order valence-corrected chi connectivity index (χ4v) is 3.52. The van der Waals surface area contributed by atoms with Crippen LogP contribution in [0.25, 0.3) is 0 Å². The molecule has 3 atom stereocenters. The maximum absolute atomic E-state index is 6.67. The lowest BCUT2D eigenvalue weighted by atomic mass is 9.67. The van der Waals surface area contributed by atoms with Crippen molar-refractivity contribution >= 4 is 0 Å². The van der Waals surface area contributed by atoms with Gasteiger partial charge in [-0.1, -0.05) is 20.8 Å². The van der Waals surface area contributed by atoms with Crippen LogP contribution >= 0.6 is 0 Å². The van der Waals surface area contributed by atoms with E-state index >= 15 is 0 Å². The summed E-state index contributed by atoms with van der Waals surface area (Å²) in [5.41, 5.74) is 6.61. The van der Waals surface area contributed by atoms with Crippen LogP contribution in [-0.2, 0) is 9.47 Å². The second-order valence-electron chi connectivity index (χ2n) is 6.14. The fourth-order valence-electron chi connectivity index (χ4n) is 3.52. The molecule has 3 unspecified atom stereocenters. The highest BCUT2D eigenvalue weighted by Crippen LogP contribution is 2.42. The molecule has 0 aliphatic carbocycles. The molecule has 3 heteroatoms. The predicted octanol–water partition coefficient (Wildman–Crippen LogP) is 2.34. The zero-order valence-electron chi connectivity index (χ0n) is 11.5. The van der Waals surface area contributed by atoms with Crippen LogP contribution in [0, 0.1) is 11.8 Å². The van der Waals surface area contributed by atoms with Crippen molar-refractivity contribution < 1.29 is 9.47 Å². The van der Waals surface area contributed by atoms with E-state index in [1.165, 1.54) is 0 Å². The van der Waals surface area contributed by atoms with Crippen molar-refractivity contribution in [2.24, 2.45) is 17.6 Å². The molecule has 2 fully saturated rings. The summed E-state index contributed by atoms with van der Waals surface area (Å²) in [5, 5.41) is 0. The molecule has 0 radical (unpaired) electrons. The summed E-state index contributed by atoms with van der Waals surface area (Å²) in [6, 6.07) is 0. The summed E-state index contributed by atoms with van der Waals surface area (Å²) in [6.07, 6.45) is 4.27. The summed E-state index contributed by atoms with van der Waals surface area (Å²) in [4.78, 5) is 0. The smallest absolute Gasteiger partial charge is 0.0940 e. The van der Waals surface area contributed by atoms with Crippen LogP contribution in [0.15, 0.2) is 0 Å². The Bertz CT molecular complexity index is 261. The largest absolute Gasteiger partial charge is 0.378 e.